The van der Waals surface area contributed by atoms with E-state index < -0.39 is 5.97 Å². The quantitative estimate of drug-likeness (QED) is 0.245. The number of imidazole rings is 1. The molecule has 2 saturated heterocycles. The minimum atomic E-state index is -0.946. The van der Waals surface area contributed by atoms with Crippen LogP contribution in [0, 0.1) is 5.82 Å². The molecule has 7 rings (SSSR count). The Balaban J connectivity index is 1.02. The SMILES string of the molecule is Cn1ncc2cc(COc3cc(C4CCN(Cc5nc6ccc(C(=O)O)cc6n5CC5CCO5)CC4)ccc3F)ccc21. The summed E-state index contributed by atoms with van der Waals surface area (Å²) in [6.07, 6.45) is 4.82. The average molecular weight is 584 g/mol. The van der Waals surface area contributed by atoms with Crippen LogP contribution in [0.5, 0.6) is 5.75 Å². The summed E-state index contributed by atoms with van der Waals surface area (Å²) < 4.78 is 30.3. The van der Waals surface area contributed by atoms with Crippen LogP contribution in [-0.4, -0.2) is 61.1 Å². The molecule has 1 atom stereocenters. The number of carboxylic acid groups (broad SMARTS) is 1. The van der Waals surface area contributed by atoms with E-state index >= 15 is 0 Å². The summed E-state index contributed by atoms with van der Waals surface area (Å²) in [6, 6.07) is 16.4. The van der Waals surface area contributed by atoms with Gasteiger partial charge in [-0.15, -0.1) is 0 Å². The molecule has 0 aliphatic carbocycles. The minimum Gasteiger partial charge on any atom is -0.486 e. The third kappa shape index (κ3) is 5.60. The Labute approximate surface area is 248 Å². The van der Waals surface area contributed by atoms with Gasteiger partial charge in [0.2, 0.25) is 0 Å². The van der Waals surface area contributed by atoms with Gasteiger partial charge < -0.3 is 19.1 Å². The number of carboxylic acids is 1. The van der Waals surface area contributed by atoms with Crippen LogP contribution < -0.4 is 4.74 Å². The van der Waals surface area contributed by atoms with E-state index in [0.29, 0.717) is 19.0 Å². The van der Waals surface area contributed by atoms with Crippen LogP contribution in [0.1, 0.15) is 52.5 Å². The van der Waals surface area contributed by atoms with Crippen molar-refractivity contribution in [3.63, 3.8) is 0 Å². The molecule has 9 nitrogen and oxygen atoms in total. The van der Waals surface area contributed by atoms with Crippen LogP contribution in [0.2, 0.25) is 0 Å². The molecule has 0 saturated carbocycles. The summed E-state index contributed by atoms with van der Waals surface area (Å²) in [5.74, 6) is 0.210. The van der Waals surface area contributed by atoms with Crippen LogP contribution in [0.3, 0.4) is 0 Å². The highest BCUT2D eigenvalue weighted by Gasteiger charge is 2.26. The van der Waals surface area contributed by atoms with Gasteiger partial charge in [0.1, 0.15) is 12.4 Å². The Kier molecular flexibility index (Phi) is 7.32. The predicted octanol–water partition coefficient (Wildman–Crippen LogP) is 5.51. The molecule has 1 N–H and O–H groups in total. The van der Waals surface area contributed by atoms with Crippen molar-refractivity contribution in [3.05, 3.63) is 89.1 Å². The largest absolute Gasteiger partial charge is 0.486 e. The Morgan fingerprint density at radius 3 is 2.67 bits per heavy atom. The predicted molar refractivity (Wildman–Crippen MR) is 160 cm³/mol. The van der Waals surface area contributed by atoms with Crippen LogP contribution >= 0.6 is 0 Å². The molecule has 2 aliphatic rings. The number of carbonyl (C=O) groups is 1. The number of rotatable bonds is 9. The van der Waals surface area contributed by atoms with Gasteiger partial charge in [0, 0.05) is 19.0 Å². The fourth-order valence-electron chi connectivity index (χ4n) is 6.24. The maximum Gasteiger partial charge on any atom is 0.335 e. The number of hydrogen-bond acceptors (Lipinski definition) is 6. The van der Waals surface area contributed by atoms with Gasteiger partial charge in [0.25, 0.3) is 0 Å². The zero-order valence-corrected chi connectivity index (χ0v) is 24.1. The lowest BCUT2D eigenvalue weighted by molar-refractivity contribution is -0.0592. The molecule has 3 aromatic carbocycles. The standard InChI is InChI=1S/C33H34FN5O4/c1-37-29-7-2-21(14-25(29)17-35-37)20-43-31-16-23(3-5-27(31)34)22-8-11-38(12-9-22)19-32-36-28-6-4-24(33(40)41)15-30(28)39(32)18-26-10-13-42-26/h2-7,14-17,22,26H,8-13,18-20H2,1H3,(H,40,41). The lowest BCUT2D eigenvalue weighted by Crippen LogP contribution is -2.35. The number of benzene rings is 3. The first-order valence-corrected chi connectivity index (χ1v) is 14.8. The van der Waals surface area contributed by atoms with Crippen molar-refractivity contribution < 1.29 is 23.8 Å². The smallest absolute Gasteiger partial charge is 0.335 e. The minimum absolute atomic E-state index is 0.128. The first-order chi connectivity index (χ1) is 20.9. The lowest BCUT2D eigenvalue weighted by atomic mass is 9.89. The van der Waals surface area contributed by atoms with Gasteiger partial charge in [-0.25, -0.2) is 14.2 Å². The normalized spacial score (nSPS) is 17.9. The molecule has 2 aliphatic heterocycles. The van der Waals surface area contributed by atoms with E-state index in [1.54, 1.807) is 18.2 Å². The lowest BCUT2D eigenvalue weighted by Gasteiger charge is -2.33. The topological polar surface area (TPSA) is 94.6 Å². The summed E-state index contributed by atoms with van der Waals surface area (Å²) in [5, 5.41) is 14.8. The number of aromatic carboxylic acids is 1. The summed E-state index contributed by atoms with van der Waals surface area (Å²) in [4.78, 5) is 18.9. The third-order valence-electron chi connectivity index (χ3n) is 8.84. The van der Waals surface area contributed by atoms with Gasteiger partial charge in [-0.2, -0.15) is 5.10 Å². The monoisotopic (exact) mass is 583 g/mol. The molecule has 5 aromatic rings. The van der Waals surface area contributed by atoms with E-state index in [9.17, 15) is 14.3 Å². The molecule has 2 fully saturated rings. The molecule has 0 amide bonds. The first kappa shape index (κ1) is 27.5. The molecule has 1 unspecified atom stereocenters. The van der Waals surface area contributed by atoms with Gasteiger partial charge in [-0.1, -0.05) is 12.1 Å². The van der Waals surface area contributed by atoms with E-state index in [1.807, 2.05) is 48.3 Å². The highest BCUT2D eigenvalue weighted by atomic mass is 19.1. The van der Waals surface area contributed by atoms with E-state index in [-0.39, 0.29) is 29.8 Å². The molecule has 222 valence electrons. The number of ether oxygens (including phenoxy) is 2. The summed E-state index contributed by atoms with van der Waals surface area (Å²) in [5.41, 5.74) is 4.99. The van der Waals surface area contributed by atoms with Crippen molar-refractivity contribution in [1.82, 2.24) is 24.2 Å². The Morgan fingerprint density at radius 2 is 1.91 bits per heavy atom. The van der Waals surface area contributed by atoms with Gasteiger partial charge in [0.05, 0.1) is 47.5 Å². The molecule has 0 spiro atoms. The Morgan fingerprint density at radius 1 is 1.07 bits per heavy atom. The number of aromatic nitrogens is 4. The fourth-order valence-corrected chi connectivity index (χ4v) is 6.24. The summed E-state index contributed by atoms with van der Waals surface area (Å²) >= 11 is 0. The highest BCUT2D eigenvalue weighted by Crippen LogP contribution is 2.33. The summed E-state index contributed by atoms with van der Waals surface area (Å²) in [6.45, 7) is 4.15. The number of aryl methyl sites for hydroxylation is 1. The van der Waals surface area contributed by atoms with Crippen molar-refractivity contribution >= 4 is 27.9 Å². The van der Waals surface area contributed by atoms with E-state index in [4.69, 9.17) is 14.5 Å². The maximum absolute atomic E-state index is 14.7. The molecule has 4 heterocycles. The van der Waals surface area contributed by atoms with Crippen molar-refractivity contribution in [3.8, 4) is 5.75 Å². The number of halogens is 1. The van der Waals surface area contributed by atoms with Crippen LogP contribution in [0.25, 0.3) is 21.9 Å². The maximum atomic E-state index is 14.7. The highest BCUT2D eigenvalue weighted by molar-refractivity contribution is 5.92. The number of hydrogen-bond donors (Lipinski definition) is 1. The molecule has 0 radical (unpaired) electrons. The third-order valence-corrected chi connectivity index (χ3v) is 8.84. The molecule has 10 heteroatoms. The second-order valence-corrected chi connectivity index (χ2v) is 11.6. The molecular formula is C33H34FN5O4. The molecular weight excluding hydrogens is 549 g/mol. The number of fused-ring (bicyclic) bond motifs is 2. The van der Waals surface area contributed by atoms with Gasteiger partial charge in [-0.05, 0) is 91.9 Å². The van der Waals surface area contributed by atoms with Crippen LogP contribution in [-0.2, 0) is 31.5 Å². The fraction of sp³-hybridized carbons (Fsp3) is 0.364. The van der Waals surface area contributed by atoms with E-state index in [2.05, 4.69) is 14.6 Å². The Bertz CT molecular complexity index is 1800. The van der Waals surface area contributed by atoms with Crippen molar-refractivity contribution in [2.45, 2.75) is 51.0 Å². The second-order valence-electron chi connectivity index (χ2n) is 11.6. The van der Waals surface area contributed by atoms with Crippen LogP contribution in [0.4, 0.5) is 4.39 Å². The first-order valence-electron chi connectivity index (χ1n) is 14.8. The van der Waals surface area contributed by atoms with Gasteiger partial charge >= 0.3 is 5.97 Å². The molecule has 2 aromatic heterocycles. The van der Waals surface area contributed by atoms with E-state index in [0.717, 1.165) is 77.8 Å². The molecule has 43 heavy (non-hydrogen) atoms. The average Bonchev–Trinajstić information content (AvgIpc) is 3.53. The van der Waals surface area contributed by atoms with Crippen LogP contribution in [0.15, 0.2) is 60.8 Å². The van der Waals surface area contributed by atoms with Crippen molar-refractivity contribution in [1.29, 1.82) is 0 Å². The number of likely N-dealkylation sites (tertiary alicyclic amines) is 1. The van der Waals surface area contributed by atoms with Crippen molar-refractivity contribution in [2.75, 3.05) is 19.7 Å². The van der Waals surface area contributed by atoms with E-state index in [1.165, 1.54) is 6.07 Å². The van der Waals surface area contributed by atoms with Crippen molar-refractivity contribution in [2.24, 2.45) is 7.05 Å². The molecule has 0 bridgehead atoms. The summed E-state index contributed by atoms with van der Waals surface area (Å²) in [7, 11) is 1.91. The van der Waals surface area contributed by atoms with Gasteiger partial charge in [0.15, 0.2) is 11.6 Å². The zero-order chi connectivity index (χ0) is 29.5. The number of nitrogens with zero attached hydrogens (tertiary/aromatic N) is 5. The Hall–Kier alpha value is -4.28. The second kappa shape index (κ2) is 11.4. The number of piperidine rings is 1. The zero-order valence-electron chi connectivity index (χ0n) is 24.1. The van der Waals surface area contributed by atoms with Gasteiger partial charge in [-0.3, -0.25) is 9.58 Å².